The van der Waals surface area contributed by atoms with Gasteiger partial charge in [-0.25, -0.2) is 0 Å². The van der Waals surface area contributed by atoms with Gasteiger partial charge in [-0.1, -0.05) is 30.3 Å². The highest BCUT2D eigenvalue weighted by Crippen LogP contribution is 2.31. The first-order chi connectivity index (χ1) is 8.25. The van der Waals surface area contributed by atoms with E-state index in [1.54, 1.807) is 0 Å². The summed E-state index contributed by atoms with van der Waals surface area (Å²) in [5, 5.41) is 14.6. The van der Waals surface area contributed by atoms with E-state index >= 15 is 0 Å². The maximum atomic E-state index is 11.1. The van der Waals surface area contributed by atoms with Crippen molar-refractivity contribution in [2.45, 2.75) is 6.42 Å². The Morgan fingerprint density at radius 2 is 2.06 bits per heavy atom. The second-order valence-corrected chi connectivity index (χ2v) is 4.43. The molecule has 0 amide bonds. The lowest BCUT2D eigenvalue weighted by Gasteiger charge is -2.24. The van der Waals surface area contributed by atoms with Crippen molar-refractivity contribution in [3.8, 4) is 0 Å². The minimum Gasteiger partial charge on any atom is -0.481 e. The molecule has 3 rings (SSSR count). The van der Waals surface area contributed by atoms with Gasteiger partial charge < -0.3 is 10.4 Å². The Kier molecular flexibility index (Phi) is 2.25. The van der Waals surface area contributed by atoms with Gasteiger partial charge >= 0.3 is 5.97 Å². The lowest BCUT2D eigenvalue weighted by molar-refractivity contribution is -0.141. The van der Waals surface area contributed by atoms with Gasteiger partial charge in [-0.05, 0) is 28.8 Å². The molecule has 1 atom stereocenters. The predicted molar refractivity (Wildman–Crippen MR) is 67.3 cm³/mol. The van der Waals surface area contributed by atoms with Crippen molar-refractivity contribution in [1.82, 2.24) is 0 Å². The van der Waals surface area contributed by atoms with Crippen LogP contribution in [0.2, 0.25) is 0 Å². The second-order valence-electron chi connectivity index (χ2n) is 4.43. The normalized spacial score (nSPS) is 18.5. The summed E-state index contributed by atoms with van der Waals surface area (Å²) in [6.07, 6.45) is 0.610. The molecule has 0 aromatic heterocycles. The fourth-order valence-corrected chi connectivity index (χ4v) is 2.45. The molecule has 2 aromatic rings. The van der Waals surface area contributed by atoms with E-state index in [1.165, 1.54) is 5.39 Å². The average molecular weight is 227 g/mol. The molecule has 1 unspecified atom stereocenters. The van der Waals surface area contributed by atoms with Gasteiger partial charge in [0.2, 0.25) is 0 Å². The van der Waals surface area contributed by atoms with Crippen molar-refractivity contribution in [2.75, 3.05) is 11.9 Å². The third-order valence-electron chi connectivity index (χ3n) is 3.38. The Morgan fingerprint density at radius 1 is 1.24 bits per heavy atom. The first-order valence-corrected chi connectivity index (χ1v) is 5.73. The smallest absolute Gasteiger partial charge is 0.308 e. The van der Waals surface area contributed by atoms with E-state index in [-0.39, 0.29) is 5.92 Å². The number of rotatable bonds is 1. The zero-order chi connectivity index (χ0) is 11.8. The molecule has 2 aromatic carbocycles. The lowest BCUT2D eigenvalue weighted by Crippen LogP contribution is -2.29. The number of aliphatic carboxylic acids is 1. The van der Waals surface area contributed by atoms with Crippen LogP contribution in [0.3, 0.4) is 0 Å². The third-order valence-corrected chi connectivity index (χ3v) is 3.38. The largest absolute Gasteiger partial charge is 0.481 e. The van der Waals surface area contributed by atoms with Crippen molar-refractivity contribution in [1.29, 1.82) is 0 Å². The van der Waals surface area contributed by atoms with E-state index < -0.39 is 5.97 Å². The Bertz CT molecular complexity index is 592. The fourth-order valence-electron chi connectivity index (χ4n) is 2.45. The van der Waals surface area contributed by atoms with Gasteiger partial charge in [0.25, 0.3) is 0 Å². The van der Waals surface area contributed by atoms with Crippen LogP contribution in [0.25, 0.3) is 10.8 Å². The van der Waals surface area contributed by atoms with Crippen LogP contribution in [0.4, 0.5) is 5.69 Å². The van der Waals surface area contributed by atoms with Crippen LogP contribution in [0, 0.1) is 5.92 Å². The molecule has 1 heterocycles. The van der Waals surface area contributed by atoms with Crippen LogP contribution >= 0.6 is 0 Å². The van der Waals surface area contributed by atoms with Crippen LogP contribution in [0.15, 0.2) is 36.4 Å². The van der Waals surface area contributed by atoms with E-state index in [1.807, 2.05) is 18.2 Å². The van der Waals surface area contributed by atoms with Crippen molar-refractivity contribution in [2.24, 2.45) is 5.92 Å². The van der Waals surface area contributed by atoms with Gasteiger partial charge in [0, 0.05) is 12.2 Å². The molecule has 1 aliphatic rings. The first-order valence-electron chi connectivity index (χ1n) is 5.73. The van der Waals surface area contributed by atoms with E-state index in [9.17, 15) is 4.79 Å². The number of hydrogen-bond acceptors (Lipinski definition) is 2. The molecule has 0 radical (unpaired) electrons. The molecular formula is C14H13NO2. The number of anilines is 1. The molecule has 2 N–H and O–H groups in total. The first kappa shape index (κ1) is 10.1. The van der Waals surface area contributed by atoms with E-state index in [4.69, 9.17) is 5.11 Å². The molecule has 3 nitrogen and oxygen atoms in total. The summed E-state index contributed by atoms with van der Waals surface area (Å²) >= 11 is 0. The van der Waals surface area contributed by atoms with Crippen LogP contribution in [0.1, 0.15) is 5.56 Å². The van der Waals surface area contributed by atoms with Crippen molar-refractivity contribution >= 4 is 22.4 Å². The molecular weight excluding hydrogens is 214 g/mol. The highest BCUT2D eigenvalue weighted by atomic mass is 16.4. The highest BCUT2D eigenvalue weighted by molar-refractivity contribution is 5.91. The maximum absolute atomic E-state index is 11.1. The van der Waals surface area contributed by atoms with Crippen LogP contribution in [0.5, 0.6) is 0 Å². The highest BCUT2D eigenvalue weighted by Gasteiger charge is 2.24. The van der Waals surface area contributed by atoms with Crippen molar-refractivity contribution in [3.63, 3.8) is 0 Å². The monoisotopic (exact) mass is 227 g/mol. The number of nitrogens with one attached hydrogen (secondary N) is 1. The van der Waals surface area contributed by atoms with Crippen LogP contribution < -0.4 is 5.32 Å². The molecule has 0 fully saturated rings. The SMILES string of the molecule is O=C(O)C1CNc2ccc3ccccc3c2C1. The summed E-state index contributed by atoms with van der Waals surface area (Å²) in [5.41, 5.74) is 2.20. The van der Waals surface area contributed by atoms with E-state index in [2.05, 4.69) is 23.5 Å². The number of benzene rings is 2. The van der Waals surface area contributed by atoms with Gasteiger partial charge in [-0.2, -0.15) is 0 Å². The molecule has 1 aliphatic heterocycles. The van der Waals surface area contributed by atoms with Crippen LogP contribution in [-0.2, 0) is 11.2 Å². The quantitative estimate of drug-likeness (QED) is 0.787. The predicted octanol–water partition coefficient (Wildman–Crippen LogP) is 2.51. The summed E-state index contributed by atoms with van der Waals surface area (Å²) in [4.78, 5) is 11.1. The topological polar surface area (TPSA) is 49.3 Å². The summed E-state index contributed by atoms with van der Waals surface area (Å²) in [6.45, 7) is 0.515. The Balaban J connectivity index is 2.15. The maximum Gasteiger partial charge on any atom is 0.308 e. The molecule has 0 spiro atoms. The standard InChI is InChI=1S/C14H13NO2/c16-14(17)10-7-12-11-4-2-1-3-9(11)5-6-13(12)15-8-10/h1-6,10,15H,7-8H2,(H,16,17). The van der Waals surface area contributed by atoms with E-state index in [0.29, 0.717) is 13.0 Å². The van der Waals surface area contributed by atoms with Gasteiger partial charge in [-0.15, -0.1) is 0 Å². The minimum absolute atomic E-state index is 0.326. The molecule has 0 bridgehead atoms. The number of carbonyl (C=O) groups is 1. The third kappa shape index (κ3) is 1.64. The zero-order valence-corrected chi connectivity index (χ0v) is 9.31. The lowest BCUT2D eigenvalue weighted by atomic mass is 9.90. The minimum atomic E-state index is -0.726. The Hall–Kier alpha value is -2.03. The number of carboxylic acids is 1. The van der Waals surface area contributed by atoms with Crippen molar-refractivity contribution < 1.29 is 9.90 Å². The molecule has 86 valence electrons. The zero-order valence-electron chi connectivity index (χ0n) is 9.31. The average Bonchev–Trinajstić information content (AvgIpc) is 2.38. The summed E-state index contributed by atoms with van der Waals surface area (Å²) in [7, 11) is 0. The summed E-state index contributed by atoms with van der Waals surface area (Å²) in [6, 6.07) is 12.2. The second kappa shape index (κ2) is 3.77. The Labute approximate surface area is 99.1 Å². The van der Waals surface area contributed by atoms with Crippen LogP contribution in [-0.4, -0.2) is 17.6 Å². The van der Waals surface area contributed by atoms with Gasteiger partial charge in [0.05, 0.1) is 5.92 Å². The Morgan fingerprint density at radius 3 is 2.88 bits per heavy atom. The number of carboxylic acid groups (broad SMARTS) is 1. The van der Waals surface area contributed by atoms with Gasteiger partial charge in [0.1, 0.15) is 0 Å². The van der Waals surface area contributed by atoms with Gasteiger partial charge in [0.15, 0.2) is 0 Å². The molecule has 0 saturated heterocycles. The molecule has 0 aliphatic carbocycles. The summed E-state index contributed by atoms with van der Waals surface area (Å²) < 4.78 is 0. The molecule has 3 heteroatoms. The fraction of sp³-hybridized carbons (Fsp3) is 0.214. The molecule has 17 heavy (non-hydrogen) atoms. The van der Waals surface area contributed by atoms with E-state index in [0.717, 1.165) is 16.6 Å². The summed E-state index contributed by atoms with van der Waals surface area (Å²) in [5.74, 6) is -1.05. The van der Waals surface area contributed by atoms with Crippen molar-refractivity contribution in [3.05, 3.63) is 42.0 Å². The molecule has 0 saturated carbocycles. The number of hydrogen-bond donors (Lipinski definition) is 2. The number of fused-ring (bicyclic) bond motifs is 3. The van der Waals surface area contributed by atoms with Gasteiger partial charge in [-0.3, -0.25) is 4.79 Å².